The summed E-state index contributed by atoms with van der Waals surface area (Å²) in [6.07, 6.45) is 9.00. The molecule has 0 saturated carbocycles. The van der Waals surface area contributed by atoms with E-state index in [1.54, 1.807) is 12.2 Å². The quantitative estimate of drug-likeness (QED) is 0.586. The highest BCUT2D eigenvalue weighted by molar-refractivity contribution is 6.45. The lowest BCUT2D eigenvalue weighted by Gasteiger charge is -2.32. The van der Waals surface area contributed by atoms with E-state index in [4.69, 9.17) is 23.2 Å². The Bertz CT molecular complexity index is 242. The van der Waals surface area contributed by atoms with E-state index in [9.17, 15) is 5.11 Å². The Hall–Kier alpha value is 0.0200. The molecular formula is C11H16Cl2O. The second-order valence-corrected chi connectivity index (χ2v) is 5.17. The summed E-state index contributed by atoms with van der Waals surface area (Å²) in [5, 5.41) is 10.0. The molecule has 1 rings (SSSR count). The van der Waals surface area contributed by atoms with Crippen LogP contribution in [0.15, 0.2) is 24.3 Å². The van der Waals surface area contributed by atoms with Crippen LogP contribution in [0.1, 0.15) is 26.7 Å². The van der Waals surface area contributed by atoms with Crippen molar-refractivity contribution in [1.29, 1.82) is 0 Å². The first kappa shape index (κ1) is 12.1. The van der Waals surface area contributed by atoms with Crippen molar-refractivity contribution in [3.05, 3.63) is 24.3 Å². The molecule has 1 aliphatic rings. The van der Waals surface area contributed by atoms with Crippen LogP contribution >= 0.6 is 23.2 Å². The summed E-state index contributed by atoms with van der Waals surface area (Å²) < 4.78 is 0. The van der Waals surface area contributed by atoms with Gasteiger partial charge in [0.2, 0.25) is 0 Å². The second kappa shape index (κ2) is 4.26. The third-order valence-electron chi connectivity index (χ3n) is 2.58. The van der Waals surface area contributed by atoms with Crippen LogP contribution in [0.5, 0.6) is 0 Å². The topological polar surface area (TPSA) is 20.2 Å². The zero-order valence-electron chi connectivity index (χ0n) is 8.50. The van der Waals surface area contributed by atoms with Crippen molar-refractivity contribution < 1.29 is 5.11 Å². The monoisotopic (exact) mass is 234 g/mol. The predicted octanol–water partition coefficient (Wildman–Crippen LogP) is 3.45. The molecule has 0 amide bonds. The van der Waals surface area contributed by atoms with Gasteiger partial charge in [-0.05, 0) is 13.3 Å². The van der Waals surface area contributed by atoms with Gasteiger partial charge in [0.1, 0.15) is 10.4 Å². The van der Waals surface area contributed by atoms with Crippen molar-refractivity contribution >= 4 is 23.2 Å². The fourth-order valence-electron chi connectivity index (χ4n) is 1.47. The normalized spacial score (nSPS) is 36.7. The van der Waals surface area contributed by atoms with E-state index in [2.05, 4.69) is 0 Å². The molecule has 0 fully saturated rings. The molecule has 0 aromatic rings. The van der Waals surface area contributed by atoms with E-state index < -0.39 is 10.4 Å². The van der Waals surface area contributed by atoms with Crippen LogP contribution < -0.4 is 0 Å². The number of aliphatic hydroxyl groups is 1. The fourth-order valence-corrected chi connectivity index (χ4v) is 1.76. The average molecular weight is 235 g/mol. The van der Waals surface area contributed by atoms with Gasteiger partial charge in [-0.1, -0.05) is 37.6 Å². The van der Waals surface area contributed by atoms with Gasteiger partial charge in [0.15, 0.2) is 0 Å². The Balaban J connectivity index is 2.78. The van der Waals surface area contributed by atoms with Gasteiger partial charge in [-0.3, -0.25) is 0 Å². The maximum atomic E-state index is 10.0. The van der Waals surface area contributed by atoms with Crippen LogP contribution in [-0.2, 0) is 0 Å². The molecule has 3 heteroatoms. The van der Waals surface area contributed by atoms with E-state index in [1.165, 1.54) is 0 Å². The van der Waals surface area contributed by atoms with Crippen LogP contribution in [-0.4, -0.2) is 15.5 Å². The summed E-state index contributed by atoms with van der Waals surface area (Å²) >= 11 is 11.7. The molecule has 0 aromatic carbocycles. The Morgan fingerprint density at radius 3 is 2.07 bits per heavy atom. The Kier molecular flexibility index (Phi) is 3.68. The molecule has 80 valence electrons. The summed E-state index contributed by atoms with van der Waals surface area (Å²) in [5.41, 5.74) is -1.17. The highest BCUT2D eigenvalue weighted by Crippen LogP contribution is 2.37. The number of rotatable bonds is 3. The van der Waals surface area contributed by atoms with Crippen molar-refractivity contribution in [2.24, 2.45) is 5.41 Å². The van der Waals surface area contributed by atoms with Crippen molar-refractivity contribution in [3.8, 4) is 0 Å². The second-order valence-electron chi connectivity index (χ2n) is 4.07. The largest absolute Gasteiger partial charge is 0.382 e. The first-order chi connectivity index (χ1) is 6.42. The minimum atomic E-state index is -0.809. The molecule has 14 heavy (non-hydrogen) atoms. The number of hydrogen-bond acceptors (Lipinski definition) is 1. The third kappa shape index (κ3) is 2.53. The SMILES string of the molecule is CCCC1(O)C=CC(C)(C(Cl)Cl)C=C1. The van der Waals surface area contributed by atoms with Crippen molar-refractivity contribution in [1.82, 2.24) is 0 Å². The maximum absolute atomic E-state index is 10.0. The number of alkyl halides is 2. The maximum Gasteiger partial charge on any atom is 0.120 e. The molecule has 1 nitrogen and oxygen atoms in total. The minimum Gasteiger partial charge on any atom is -0.382 e. The van der Waals surface area contributed by atoms with Gasteiger partial charge >= 0.3 is 0 Å². The Morgan fingerprint density at radius 1 is 1.21 bits per heavy atom. The zero-order valence-corrected chi connectivity index (χ0v) is 10.0. The molecule has 0 spiro atoms. The molecule has 0 unspecified atom stereocenters. The molecule has 0 aliphatic heterocycles. The lowest BCUT2D eigenvalue weighted by atomic mass is 9.81. The standard InChI is InChI=1S/C11H16Cl2O/c1-3-4-11(14)7-5-10(2,6-8-11)9(12)13/h5-9,14H,3-4H2,1-2H3. The summed E-state index contributed by atoms with van der Waals surface area (Å²) in [7, 11) is 0. The highest BCUT2D eigenvalue weighted by atomic mass is 35.5. The first-order valence-electron chi connectivity index (χ1n) is 4.83. The molecule has 1 aliphatic carbocycles. The minimum absolute atomic E-state index is 0.358. The van der Waals surface area contributed by atoms with Crippen LogP contribution in [0.4, 0.5) is 0 Å². The fraction of sp³-hybridized carbons (Fsp3) is 0.636. The number of hydrogen-bond donors (Lipinski definition) is 1. The van der Waals surface area contributed by atoms with E-state index in [1.807, 2.05) is 26.0 Å². The summed E-state index contributed by atoms with van der Waals surface area (Å²) in [4.78, 5) is -0.485. The molecule has 0 atom stereocenters. The molecular weight excluding hydrogens is 219 g/mol. The first-order valence-corrected chi connectivity index (χ1v) is 5.70. The molecule has 0 bridgehead atoms. The molecule has 0 radical (unpaired) electrons. The summed E-state index contributed by atoms with van der Waals surface area (Å²) in [5.74, 6) is 0. The third-order valence-corrected chi connectivity index (χ3v) is 3.52. The van der Waals surface area contributed by atoms with Crippen LogP contribution in [0, 0.1) is 5.41 Å². The van der Waals surface area contributed by atoms with Crippen LogP contribution in [0.25, 0.3) is 0 Å². The van der Waals surface area contributed by atoms with Gasteiger partial charge in [0.25, 0.3) is 0 Å². The van der Waals surface area contributed by atoms with Crippen LogP contribution in [0.2, 0.25) is 0 Å². The predicted molar refractivity (Wildman–Crippen MR) is 61.7 cm³/mol. The van der Waals surface area contributed by atoms with Crippen molar-refractivity contribution in [2.45, 2.75) is 37.1 Å². The molecule has 0 aromatic heterocycles. The van der Waals surface area contributed by atoms with Gasteiger partial charge < -0.3 is 5.11 Å². The van der Waals surface area contributed by atoms with E-state index in [-0.39, 0.29) is 5.41 Å². The van der Waals surface area contributed by atoms with Gasteiger partial charge in [-0.25, -0.2) is 0 Å². The van der Waals surface area contributed by atoms with Gasteiger partial charge in [-0.2, -0.15) is 0 Å². The lowest BCUT2D eigenvalue weighted by Crippen LogP contribution is -2.30. The van der Waals surface area contributed by atoms with Gasteiger partial charge in [0, 0.05) is 5.41 Å². The summed E-state index contributed by atoms with van der Waals surface area (Å²) in [6.45, 7) is 3.98. The van der Waals surface area contributed by atoms with E-state index >= 15 is 0 Å². The zero-order chi connectivity index (χ0) is 10.8. The smallest absolute Gasteiger partial charge is 0.120 e. The summed E-state index contributed by atoms with van der Waals surface area (Å²) in [6, 6.07) is 0. The van der Waals surface area contributed by atoms with Crippen molar-refractivity contribution in [3.63, 3.8) is 0 Å². The highest BCUT2D eigenvalue weighted by Gasteiger charge is 2.32. The van der Waals surface area contributed by atoms with Gasteiger partial charge in [0.05, 0.1) is 0 Å². The van der Waals surface area contributed by atoms with Crippen molar-refractivity contribution in [2.75, 3.05) is 0 Å². The van der Waals surface area contributed by atoms with Gasteiger partial charge in [-0.15, -0.1) is 23.2 Å². The number of allylic oxidation sites excluding steroid dienone is 2. The number of halogens is 2. The Morgan fingerprint density at radius 2 is 1.71 bits per heavy atom. The molecule has 0 saturated heterocycles. The van der Waals surface area contributed by atoms with E-state index in [0.29, 0.717) is 0 Å². The lowest BCUT2D eigenvalue weighted by molar-refractivity contribution is 0.127. The van der Waals surface area contributed by atoms with Crippen LogP contribution in [0.3, 0.4) is 0 Å². The average Bonchev–Trinajstić information content (AvgIpc) is 2.11. The Labute approximate surface area is 95.4 Å². The molecule has 1 N–H and O–H groups in total. The molecule has 0 heterocycles. The van der Waals surface area contributed by atoms with E-state index in [0.717, 1.165) is 12.8 Å².